The Bertz CT molecular complexity index is 462. The van der Waals surface area contributed by atoms with Crippen molar-refractivity contribution in [3.8, 4) is 6.07 Å². The zero-order valence-corrected chi connectivity index (χ0v) is 10.5. The summed E-state index contributed by atoms with van der Waals surface area (Å²) in [5.41, 5.74) is 3.03. The SMILES string of the molecule is CC1c2cc(C#N)ccc2N(C(C)C)C1CO. The molecule has 0 radical (unpaired) electrons. The maximum atomic E-state index is 9.55. The fourth-order valence-corrected chi connectivity index (χ4v) is 2.76. The molecule has 0 fully saturated rings. The van der Waals surface area contributed by atoms with Crippen LogP contribution in [0.4, 0.5) is 5.69 Å². The van der Waals surface area contributed by atoms with Crippen LogP contribution >= 0.6 is 0 Å². The molecule has 2 rings (SSSR count). The van der Waals surface area contributed by atoms with E-state index >= 15 is 0 Å². The monoisotopic (exact) mass is 230 g/mol. The van der Waals surface area contributed by atoms with Gasteiger partial charge in [-0.05, 0) is 37.6 Å². The molecule has 3 nitrogen and oxygen atoms in total. The second kappa shape index (κ2) is 4.38. The van der Waals surface area contributed by atoms with Crippen LogP contribution in [0, 0.1) is 11.3 Å². The summed E-state index contributed by atoms with van der Waals surface area (Å²) in [6.07, 6.45) is 0. The molecule has 0 amide bonds. The number of benzene rings is 1. The maximum absolute atomic E-state index is 9.55. The number of fused-ring (bicyclic) bond motifs is 1. The van der Waals surface area contributed by atoms with Gasteiger partial charge in [0.1, 0.15) is 0 Å². The standard InChI is InChI=1S/C14H18N2O/c1-9(2)16-13-5-4-11(7-15)6-12(13)10(3)14(16)8-17/h4-6,9-10,14,17H,8H2,1-3H3. The Balaban J connectivity index is 2.51. The predicted molar refractivity (Wildman–Crippen MR) is 68.1 cm³/mol. The fourth-order valence-electron chi connectivity index (χ4n) is 2.76. The van der Waals surface area contributed by atoms with E-state index in [-0.39, 0.29) is 18.6 Å². The van der Waals surface area contributed by atoms with E-state index in [1.165, 1.54) is 5.56 Å². The van der Waals surface area contributed by atoms with Crippen LogP contribution < -0.4 is 4.90 Å². The first-order valence-electron chi connectivity index (χ1n) is 6.03. The molecule has 0 aliphatic carbocycles. The van der Waals surface area contributed by atoms with E-state index in [2.05, 4.69) is 31.7 Å². The van der Waals surface area contributed by atoms with Crippen LogP contribution in [0.2, 0.25) is 0 Å². The molecule has 2 atom stereocenters. The second-order valence-corrected chi connectivity index (χ2v) is 4.93. The third-order valence-electron chi connectivity index (χ3n) is 3.60. The van der Waals surface area contributed by atoms with Crippen molar-refractivity contribution in [1.29, 1.82) is 5.26 Å². The molecule has 1 aromatic carbocycles. The van der Waals surface area contributed by atoms with E-state index in [0.717, 1.165) is 5.69 Å². The Morgan fingerprint density at radius 3 is 2.71 bits per heavy atom. The highest BCUT2D eigenvalue weighted by Gasteiger charge is 2.36. The zero-order chi connectivity index (χ0) is 12.6. The summed E-state index contributed by atoms with van der Waals surface area (Å²) in [7, 11) is 0. The van der Waals surface area contributed by atoms with Gasteiger partial charge in [0.05, 0.1) is 24.3 Å². The van der Waals surface area contributed by atoms with Gasteiger partial charge in [-0.15, -0.1) is 0 Å². The number of rotatable bonds is 2. The van der Waals surface area contributed by atoms with E-state index < -0.39 is 0 Å². The molecule has 1 aromatic rings. The van der Waals surface area contributed by atoms with Gasteiger partial charge in [-0.3, -0.25) is 0 Å². The first kappa shape index (κ1) is 11.9. The van der Waals surface area contributed by atoms with Gasteiger partial charge in [-0.1, -0.05) is 6.92 Å². The zero-order valence-electron chi connectivity index (χ0n) is 10.5. The summed E-state index contributed by atoms with van der Waals surface area (Å²) in [5, 5.41) is 18.5. The topological polar surface area (TPSA) is 47.3 Å². The predicted octanol–water partition coefficient (Wildman–Crippen LogP) is 2.25. The van der Waals surface area contributed by atoms with Crippen molar-refractivity contribution in [2.45, 2.75) is 38.8 Å². The van der Waals surface area contributed by atoms with Crippen LogP contribution in [0.3, 0.4) is 0 Å². The van der Waals surface area contributed by atoms with Crippen LogP contribution in [0.25, 0.3) is 0 Å². The van der Waals surface area contributed by atoms with E-state index in [0.29, 0.717) is 11.6 Å². The van der Waals surface area contributed by atoms with E-state index in [1.54, 1.807) is 0 Å². The lowest BCUT2D eigenvalue weighted by molar-refractivity contribution is 0.247. The Morgan fingerprint density at radius 1 is 1.47 bits per heavy atom. The molecular formula is C14H18N2O. The van der Waals surface area contributed by atoms with Crippen molar-refractivity contribution >= 4 is 5.69 Å². The minimum absolute atomic E-state index is 0.124. The summed E-state index contributed by atoms with van der Waals surface area (Å²) in [6, 6.07) is 8.45. The van der Waals surface area contributed by atoms with Crippen LogP contribution in [-0.4, -0.2) is 23.8 Å². The fraction of sp³-hybridized carbons (Fsp3) is 0.500. The number of nitrogens with zero attached hydrogens (tertiary/aromatic N) is 2. The largest absolute Gasteiger partial charge is 0.394 e. The summed E-state index contributed by atoms with van der Waals surface area (Å²) < 4.78 is 0. The second-order valence-electron chi connectivity index (χ2n) is 4.93. The Morgan fingerprint density at radius 2 is 2.18 bits per heavy atom. The highest BCUT2D eigenvalue weighted by molar-refractivity contribution is 5.64. The normalized spacial score (nSPS) is 22.7. The van der Waals surface area contributed by atoms with Gasteiger partial charge in [-0.25, -0.2) is 0 Å². The number of hydrogen-bond donors (Lipinski definition) is 1. The van der Waals surface area contributed by atoms with E-state index in [1.807, 2.05) is 18.2 Å². The highest BCUT2D eigenvalue weighted by atomic mass is 16.3. The van der Waals surface area contributed by atoms with Crippen LogP contribution in [-0.2, 0) is 0 Å². The summed E-state index contributed by atoms with van der Waals surface area (Å²) in [5.74, 6) is 0.269. The van der Waals surface area contributed by atoms with Crippen molar-refractivity contribution in [2.24, 2.45) is 0 Å². The van der Waals surface area contributed by atoms with Crippen molar-refractivity contribution < 1.29 is 5.11 Å². The number of aliphatic hydroxyl groups is 1. The van der Waals surface area contributed by atoms with Gasteiger partial charge in [0.2, 0.25) is 0 Å². The Hall–Kier alpha value is -1.53. The molecule has 0 spiro atoms. The minimum Gasteiger partial charge on any atom is -0.394 e. The molecule has 2 unspecified atom stereocenters. The molecule has 0 saturated heterocycles. The van der Waals surface area contributed by atoms with Crippen molar-refractivity contribution in [2.75, 3.05) is 11.5 Å². The third-order valence-corrected chi connectivity index (χ3v) is 3.60. The average Bonchev–Trinajstić information content (AvgIpc) is 2.61. The molecule has 1 aliphatic heterocycles. The summed E-state index contributed by atoms with van der Waals surface area (Å²) >= 11 is 0. The molecule has 1 aliphatic rings. The van der Waals surface area contributed by atoms with Gasteiger partial charge >= 0.3 is 0 Å². The van der Waals surface area contributed by atoms with Gasteiger partial charge < -0.3 is 10.0 Å². The van der Waals surface area contributed by atoms with E-state index in [9.17, 15) is 5.11 Å². The molecule has 1 heterocycles. The molecule has 17 heavy (non-hydrogen) atoms. The van der Waals surface area contributed by atoms with Gasteiger partial charge in [0.25, 0.3) is 0 Å². The average molecular weight is 230 g/mol. The first-order valence-corrected chi connectivity index (χ1v) is 6.03. The van der Waals surface area contributed by atoms with Crippen molar-refractivity contribution in [1.82, 2.24) is 0 Å². The molecule has 90 valence electrons. The van der Waals surface area contributed by atoms with Crippen LogP contribution in [0.5, 0.6) is 0 Å². The summed E-state index contributed by atoms with van der Waals surface area (Å²) in [4.78, 5) is 2.25. The number of anilines is 1. The van der Waals surface area contributed by atoms with Crippen LogP contribution in [0.15, 0.2) is 18.2 Å². The lowest BCUT2D eigenvalue weighted by Crippen LogP contribution is -2.41. The van der Waals surface area contributed by atoms with Crippen molar-refractivity contribution in [3.63, 3.8) is 0 Å². The Labute approximate surface area is 102 Å². The number of nitriles is 1. The van der Waals surface area contributed by atoms with Gasteiger partial charge in [0, 0.05) is 17.6 Å². The first-order chi connectivity index (χ1) is 8.10. The smallest absolute Gasteiger partial charge is 0.0991 e. The molecular weight excluding hydrogens is 212 g/mol. The molecule has 1 N–H and O–H groups in total. The van der Waals surface area contributed by atoms with Crippen LogP contribution in [0.1, 0.15) is 37.8 Å². The number of aliphatic hydroxyl groups excluding tert-OH is 1. The molecule has 0 aromatic heterocycles. The Kier molecular flexibility index (Phi) is 3.08. The van der Waals surface area contributed by atoms with Gasteiger partial charge in [0.15, 0.2) is 0 Å². The minimum atomic E-state index is 0.124. The lowest BCUT2D eigenvalue weighted by atomic mass is 9.96. The third kappa shape index (κ3) is 1.79. The highest BCUT2D eigenvalue weighted by Crippen LogP contribution is 2.42. The van der Waals surface area contributed by atoms with Crippen molar-refractivity contribution in [3.05, 3.63) is 29.3 Å². The summed E-state index contributed by atoms with van der Waals surface area (Å²) in [6.45, 7) is 6.52. The lowest BCUT2D eigenvalue weighted by Gasteiger charge is -2.31. The molecule has 0 saturated carbocycles. The molecule has 3 heteroatoms. The quantitative estimate of drug-likeness (QED) is 0.847. The van der Waals surface area contributed by atoms with Gasteiger partial charge in [-0.2, -0.15) is 5.26 Å². The van der Waals surface area contributed by atoms with E-state index in [4.69, 9.17) is 5.26 Å². The number of hydrogen-bond acceptors (Lipinski definition) is 3. The molecule has 0 bridgehead atoms. The maximum Gasteiger partial charge on any atom is 0.0991 e.